The van der Waals surface area contributed by atoms with E-state index >= 15 is 0 Å². The molecular formula is C15H12BrClN2OS. The molecule has 108 valence electrons. The maximum atomic E-state index is 12.3. The molecule has 3 nitrogen and oxygen atoms in total. The Labute approximate surface area is 141 Å². The van der Waals surface area contributed by atoms with Crippen molar-refractivity contribution in [3.05, 3.63) is 62.6 Å². The van der Waals surface area contributed by atoms with Crippen LogP contribution in [0.2, 0.25) is 5.02 Å². The summed E-state index contributed by atoms with van der Waals surface area (Å²) >= 11 is 14.3. The third-order valence-corrected chi connectivity index (χ3v) is 3.73. The van der Waals surface area contributed by atoms with E-state index in [-0.39, 0.29) is 10.9 Å². The van der Waals surface area contributed by atoms with E-state index in [2.05, 4.69) is 21.2 Å². The number of rotatable bonds is 3. The molecule has 0 aliphatic rings. The van der Waals surface area contributed by atoms with E-state index in [1.165, 1.54) is 0 Å². The van der Waals surface area contributed by atoms with Gasteiger partial charge in [0.2, 0.25) is 0 Å². The fourth-order valence-corrected chi connectivity index (χ4v) is 2.71. The number of halogens is 2. The Bertz CT molecular complexity index is 713. The minimum Gasteiger partial charge on any atom is -0.389 e. The highest BCUT2D eigenvalue weighted by Crippen LogP contribution is 2.22. The number of carbonyl (C=O) groups is 1. The van der Waals surface area contributed by atoms with Gasteiger partial charge >= 0.3 is 0 Å². The molecule has 0 aliphatic carbocycles. The predicted molar refractivity (Wildman–Crippen MR) is 94.2 cm³/mol. The molecule has 3 N–H and O–H groups in total. The zero-order chi connectivity index (χ0) is 15.6. The van der Waals surface area contributed by atoms with Crippen LogP contribution in [0.1, 0.15) is 21.5 Å². The molecule has 0 bridgehead atoms. The molecule has 0 saturated carbocycles. The van der Waals surface area contributed by atoms with Crippen LogP contribution in [0, 0.1) is 6.92 Å². The van der Waals surface area contributed by atoms with Crippen molar-refractivity contribution < 1.29 is 4.79 Å². The van der Waals surface area contributed by atoms with Crippen molar-refractivity contribution >= 4 is 56.3 Å². The highest BCUT2D eigenvalue weighted by Gasteiger charge is 2.12. The van der Waals surface area contributed by atoms with E-state index in [1.807, 2.05) is 6.92 Å². The maximum Gasteiger partial charge on any atom is 0.255 e. The molecule has 0 aliphatic heterocycles. The number of amides is 1. The lowest BCUT2D eigenvalue weighted by molar-refractivity contribution is 0.102. The summed E-state index contributed by atoms with van der Waals surface area (Å²) < 4.78 is 0.835. The number of thiocarbonyl (C=S) groups is 1. The molecule has 1 amide bonds. The van der Waals surface area contributed by atoms with Crippen LogP contribution in [0.5, 0.6) is 0 Å². The fraction of sp³-hybridized carbons (Fsp3) is 0.0667. The Morgan fingerprint density at radius 3 is 2.62 bits per heavy atom. The Morgan fingerprint density at radius 1 is 1.29 bits per heavy atom. The quantitative estimate of drug-likeness (QED) is 0.777. The molecule has 0 saturated heterocycles. The van der Waals surface area contributed by atoms with Gasteiger partial charge in [-0.2, -0.15) is 0 Å². The van der Waals surface area contributed by atoms with Gasteiger partial charge in [0.15, 0.2) is 0 Å². The van der Waals surface area contributed by atoms with Crippen molar-refractivity contribution in [2.45, 2.75) is 6.92 Å². The molecule has 0 atom stereocenters. The number of hydrogen-bond donors (Lipinski definition) is 2. The third-order valence-electron chi connectivity index (χ3n) is 2.80. The van der Waals surface area contributed by atoms with Gasteiger partial charge in [-0.3, -0.25) is 4.79 Å². The normalized spacial score (nSPS) is 10.2. The number of hydrogen-bond acceptors (Lipinski definition) is 2. The molecule has 0 spiro atoms. The predicted octanol–water partition coefficient (Wildman–Crippen LogP) is 4.30. The summed E-state index contributed by atoms with van der Waals surface area (Å²) in [5.41, 5.74) is 8.25. The van der Waals surface area contributed by atoms with Crippen LogP contribution in [0.15, 0.2) is 40.9 Å². The van der Waals surface area contributed by atoms with Crippen LogP contribution in [-0.2, 0) is 0 Å². The molecule has 0 fully saturated rings. The van der Waals surface area contributed by atoms with Crippen LogP contribution in [0.4, 0.5) is 5.69 Å². The van der Waals surface area contributed by atoms with Gasteiger partial charge in [0.1, 0.15) is 4.99 Å². The van der Waals surface area contributed by atoms with Crippen molar-refractivity contribution in [2.24, 2.45) is 5.73 Å². The Kier molecular flexibility index (Phi) is 4.98. The zero-order valence-corrected chi connectivity index (χ0v) is 14.3. The van der Waals surface area contributed by atoms with Gasteiger partial charge in [0.05, 0.1) is 5.69 Å². The Morgan fingerprint density at radius 2 is 2.00 bits per heavy atom. The van der Waals surface area contributed by atoms with Crippen molar-refractivity contribution in [3.8, 4) is 0 Å². The second-order valence-corrected chi connectivity index (χ2v) is 6.32. The van der Waals surface area contributed by atoms with Crippen LogP contribution < -0.4 is 11.1 Å². The van der Waals surface area contributed by atoms with Crippen LogP contribution in [0.3, 0.4) is 0 Å². The van der Waals surface area contributed by atoms with Crippen molar-refractivity contribution in [2.75, 3.05) is 5.32 Å². The largest absolute Gasteiger partial charge is 0.389 e. The van der Waals surface area contributed by atoms with E-state index in [0.717, 1.165) is 10.0 Å². The summed E-state index contributed by atoms with van der Waals surface area (Å²) in [4.78, 5) is 12.5. The molecule has 21 heavy (non-hydrogen) atoms. The first kappa shape index (κ1) is 15.9. The number of nitrogens with one attached hydrogen (secondary N) is 1. The lowest BCUT2D eigenvalue weighted by atomic mass is 10.1. The van der Waals surface area contributed by atoms with Crippen LogP contribution >= 0.6 is 39.7 Å². The van der Waals surface area contributed by atoms with E-state index < -0.39 is 0 Å². The van der Waals surface area contributed by atoms with Crippen molar-refractivity contribution in [1.29, 1.82) is 0 Å². The fourth-order valence-electron chi connectivity index (χ4n) is 1.89. The molecule has 2 aromatic carbocycles. The SMILES string of the molecule is Cc1cc(Cl)cc(C(=O)Nc2ccc(Br)cc2C(N)=S)c1. The molecule has 0 aromatic heterocycles. The molecule has 0 unspecified atom stereocenters. The average Bonchev–Trinajstić information content (AvgIpc) is 2.39. The first-order valence-electron chi connectivity index (χ1n) is 6.04. The second-order valence-electron chi connectivity index (χ2n) is 4.53. The summed E-state index contributed by atoms with van der Waals surface area (Å²) in [5, 5.41) is 3.32. The summed E-state index contributed by atoms with van der Waals surface area (Å²) in [6, 6.07) is 10.5. The van der Waals surface area contributed by atoms with E-state index in [0.29, 0.717) is 21.8 Å². The summed E-state index contributed by atoms with van der Waals surface area (Å²) in [7, 11) is 0. The smallest absolute Gasteiger partial charge is 0.255 e. The van der Waals surface area contributed by atoms with Gasteiger partial charge in [0, 0.05) is 20.6 Å². The standard InChI is InChI=1S/C15H12BrClN2OS/c1-8-4-9(6-11(17)5-8)15(20)19-13-3-2-10(16)7-12(13)14(18)21/h2-7H,1H3,(H2,18,21)(H,19,20). The zero-order valence-electron chi connectivity index (χ0n) is 11.1. The topological polar surface area (TPSA) is 55.1 Å². The molecule has 6 heteroatoms. The summed E-state index contributed by atoms with van der Waals surface area (Å²) in [6.45, 7) is 1.88. The average molecular weight is 384 g/mol. The van der Waals surface area contributed by atoms with E-state index in [1.54, 1.807) is 36.4 Å². The Hall–Kier alpha value is -1.43. The minimum atomic E-state index is -0.263. The minimum absolute atomic E-state index is 0.217. The summed E-state index contributed by atoms with van der Waals surface area (Å²) in [6.07, 6.45) is 0. The number of anilines is 1. The molecule has 0 heterocycles. The molecule has 2 aromatic rings. The molecular weight excluding hydrogens is 372 g/mol. The maximum absolute atomic E-state index is 12.3. The molecule has 2 rings (SSSR count). The van der Waals surface area contributed by atoms with Gasteiger partial charge in [-0.1, -0.05) is 39.7 Å². The van der Waals surface area contributed by atoms with Gasteiger partial charge in [-0.25, -0.2) is 0 Å². The lowest BCUT2D eigenvalue weighted by Gasteiger charge is -2.11. The number of aryl methyl sites for hydroxylation is 1. The first-order valence-corrected chi connectivity index (χ1v) is 7.62. The highest BCUT2D eigenvalue weighted by molar-refractivity contribution is 9.10. The van der Waals surface area contributed by atoms with Crippen molar-refractivity contribution in [1.82, 2.24) is 0 Å². The Balaban J connectivity index is 2.33. The third kappa shape index (κ3) is 4.03. The van der Waals surface area contributed by atoms with Gasteiger partial charge in [0.25, 0.3) is 5.91 Å². The molecule has 0 radical (unpaired) electrons. The van der Waals surface area contributed by atoms with Crippen LogP contribution in [-0.4, -0.2) is 10.9 Å². The van der Waals surface area contributed by atoms with Gasteiger partial charge in [-0.05, 0) is 48.9 Å². The van der Waals surface area contributed by atoms with Gasteiger partial charge < -0.3 is 11.1 Å². The van der Waals surface area contributed by atoms with E-state index in [4.69, 9.17) is 29.6 Å². The number of benzene rings is 2. The monoisotopic (exact) mass is 382 g/mol. The van der Waals surface area contributed by atoms with Crippen molar-refractivity contribution in [3.63, 3.8) is 0 Å². The first-order chi connectivity index (χ1) is 9.86. The van der Waals surface area contributed by atoms with Crippen LogP contribution in [0.25, 0.3) is 0 Å². The van der Waals surface area contributed by atoms with Gasteiger partial charge in [-0.15, -0.1) is 0 Å². The second kappa shape index (κ2) is 6.56. The van der Waals surface area contributed by atoms with E-state index in [9.17, 15) is 4.79 Å². The lowest BCUT2D eigenvalue weighted by Crippen LogP contribution is -2.17. The summed E-state index contributed by atoms with van der Waals surface area (Å²) in [5.74, 6) is -0.263. The number of nitrogens with two attached hydrogens (primary N) is 1. The number of carbonyl (C=O) groups excluding carboxylic acids is 1. The highest BCUT2D eigenvalue weighted by atomic mass is 79.9.